The van der Waals surface area contributed by atoms with Crippen LogP contribution in [0.2, 0.25) is 0 Å². The molecule has 0 spiro atoms. The van der Waals surface area contributed by atoms with Crippen LogP contribution >= 0.6 is 0 Å². The van der Waals surface area contributed by atoms with Crippen molar-refractivity contribution in [1.82, 2.24) is 15.5 Å². The fourth-order valence-electron chi connectivity index (χ4n) is 1.98. The number of carbonyl (C=O) groups is 2. The van der Waals surface area contributed by atoms with Crippen LogP contribution in [0.25, 0.3) is 0 Å². The summed E-state index contributed by atoms with van der Waals surface area (Å²) in [5.41, 5.74) is -0.204. The van der Waals surface area contributed by atoms with E-state index >= 15 is 0 Å². The summed E-state index contributed by atoms with van der Waals surface area (Å²) in [6, 6.07) is 0. The van der Waals surface area contributed by atoms with Crippen molar-refractivity contribution in [2.75, 3.05) is 26.2 Å². The van der Waals surface area contributed by atoms with E-state index in [1.165, 1.54) is 0 Å². The van der Waals surface area contributed by atoms with Gasteiger partial charge in [-0.2, -0.15) is 0 Å². The Balaban J connectivity index is 2.07. The third-order valence-electron chi connectivity index (χ3n) is 2.77. The fourth-order valence-corrected chi connectivity index (χ4v) is 1.98. The van der Waals surface area contributed by atoms with Crippen molar-refractivity contribution in [3.05, 3.63) is 0 Å². The molecule has 0 aromatic carbocycles. The Morgan fingerprint density at radius 1 is 1.17 bits per heavy atom. The van der Waals surface area contributed by atoms with Gasteiger partial charge in [0, 0.05) is 31.6 Å². The SMILES string of the molecule is CC(C)(C)NC(=O)CNCCC(=O)N1CCCC1. The average molecular weight is 255 g/mol. The molecule has 1 saturated heterocycles. The minimum absolute atomic E-state index is 0.0314. The number of hydrogen-bond acceptors (Lipinski definition) is 3. The minimum Gasteiger partial charge on any atom is -0.350 e. The van der Waals surface area contributed by atoms with Crippen molar-refractivity contribution in [3.8, 4) is 0 Å². The highest BCUT2D eigenvalue weighted by molar-refractivity contribution is 5.79. The number of rotatable bonds is 5. The first-order valence-electron chi connectivity index (χ1n) is 6.68. The molecule has 0 unspecified atom stereocenters. The lowest BCUT2D eigenvalue weighted by Gasteiger charge is -2.20. The largest absolute Gasteiger partial charge is 0.350 e. The Hall–Kier alpha value is -1.10. The third-order valence-corrected chi connectivity index (χ3v) is 2.77. The molecule has 1 aliphatic heterocycles. The van der Waals surface area contributed by atoms with Gasteiger partial charge in [0.15, 0.2) is 0 Å². The molecule has 1 fully saturated rings. The van der Waals surface area contributed by atoms with Gasteiger partial charge in [-0.3, -0.25) is 9.59 Å². The van der Waals surface area contributed by atoms with Crippen molar-refractivity contribution in [1.29, 1.82) is 0 Å². The Bertz CT molecular complexity index is 291. The van der Waals surface area contributed by atoms with Crippen molar-refractivity contribution in [3.63, 3.8) is 0 Å². The molecule has 1 rings (SSSR count). The maximum Gasteiger partial charge on any atom is 0.234 e. The Morgan fingerprint density at radius 2 is 1.78 bits per heavy atom. The molecule has 0 aliphatic carbocycles. The highest BCUT2D eigenvalue weighted by atomic mass is 16.2. The first kappa shape index (κ1) is 15.0. The summed E-state index contributed by atoms with van der Waals surface area (Å²) in [6.45, 7) is 8.45. The van der Waals surface area contributed by atoms with Crippen LogP contribution in [0, 0.1) is 0 Å². The Kier molecular flexibility index (Phi) is 5.59. The van der Waals surface area contributed by atoms with Crippen LogP contribution in [0.3, 0.4) is 0 Å². The van der Waals surface area contributed by atoms with Gasteiger partial charge in [0.2, 0.25) is 11.8 Å². The molecule has 0 bridgehead atoms. The lowest BCUT2D eigenvalue weighted by molar-refractivity contribution is -0.130. The van der Waals surface area contributed by atoms with Crippen LogP contribution in [-0.4, -0.2) is 48.4 Å². The quantitative estimate of drug-likeness (QED) is 0.703. The summed E-state index contributed by atoms with van der Waals surface area (Å²) in [5, 5.41) is 5.87. The van der Waals surface area contributed by atoms with Crippen molar-refractivity contribution >= 4 is 11.8 Å². The molecule has 5 nitrogen and oxygen atoms in total. The number of carbonyl (C=O) groups excluding carboxylic acids is 2. The number of likely N-dealkylation sites (tertiary alicyclic amines) is 1. The summed E-state index contributed by atoms with van der Waals surface area (Å²) >= 11 is 0. The van der Waals surface area contributed by atoms with E-state index in [4.69, 9.17) is 0 Å². The van der Waals surface area contributed by atoms with Crippen molar-refractivity contribution in [2.24, 2.45) is 0 Å². The van der Waals surface area contributed by atoms with Gasteiger partial charge >= 0.3 is 0 Å². The molecule has 104 valence electrons. The molecule has 0 radical (unpaired) electrons. The highest BCUT2D eigenvalue weighted by Crippen LogP contribution is 2.08. The van der Waals surface area contributed by atoms with Crippen LogP contribution in [0.15, 0.2) is 0 Å². The predicted molar refractivity (Wildman–Crippen MR) is 71.2 cm³/mol. The molecule has 0 saturated carbocycles. The van der Waals surface area contributed by atoms with E-state index in [1.807, 2.05) is 25.7 Å². The van der Waals surface area contributed by atoms with Gasteiger partial charge < -0.3 is 15.5 Å². The lowest BCUT2D eigenvalue weighted by Crippen LogP contribution is -2.45. The van der Waals surface area contributed by atoms with Crippen LogP contribution in [-0.2, 0) is 9.59 Å². The van der Waals surface area contributed by atoms with E-state index in [-0.39, 0.29) is 23.9 Å². The van der Waals surface area contributed by atoms with E-state index in [9.17, 15) is 9.59 Å². The van der Waals surface area contributed by atoms with Gasteiger partial charge in [-0.25, -0.2) is 0 Å². The van der Waals surface area contributed by atoms with Crippen molar-refractivity contribution < 1.29 is 9.59 Å². The smallest absolute Gasteiger partial charge is 0.234 e. The van der Waals surface area contributed by atoms with Gasteiger partial charge in [0.05, 0.1) is 6.54 Å². The summed E-state index contributed by atoms with van der Waals surface area (Å²) < 4.78 is 0. The van der Waals surface area contributed by atoms with Crippen LogP contribution in [0.5, 0.6) is 0 Å². The molecule has 0 aromatic heterocycles. The van der Waals surface area contributed by atoms with E-state index < -0.39 is 0 Å². The summed E-state index contributed by atoms with van der Waals surface area (Å²) in [7, 11) is 0. The molecular weight excluding hydrogens is 230 g/mol. The molecule has 1 heterocycles. The zero-order valence-corrected chi connectivity index (χ0v) is 11.7. The normalized spacial score (nSPS) is 15.8. The van der Waals surface area contributed by atoms with E-state index in [0.717, 1.165) is 25.9 Å². The van der Waals surface area contributed by atoms with Gasteiger partial charge in [-0.15, -0.1) is 0 Å². The average Bonchev–Trinajstić information content (AvgIpc) is 2.74. The van der Waals surface area contributed by atoms with Crippen molar-refractivity contribution in [2.45, 2.75) is 45.6 Å². The molecular formula is C13H25N3O2. The van der Waals surface area contributed by atoms with Gasteiger partial charge in [-0.1, -0.05) is 0 Å². The van der Waals surface area contributed by atoms with Gasteiger partial charge in [-0.05, 0) is 33.6 Å². The van der Waals surface area contributed by atoms with E-state index in [2.05, 4.69) is 10.6 Å². The molecule has 5 heteroatoms. The molecule has 1 aliphatic rings. The number of hydrogen-bond donors (Lipinski definition) is 2. The van der Waals surface area contributed by atoms with Crippen LogP contribution in [0.1, 0.15) is 40.0 Å². The maximum absolute atomic E-state index is 11.7. The molecule has 2 amide bonds. The molecule has 2 N–H and O–H groups in total. The third kappa shape index (κ3) is 6.00. The van der Waals surface area contributed by atoms with E-state index in [1.54, 1.807) is 0 Å². The van der Waals surface area contributed by atoms with Gasteiger partial charge in [0.25, 0.3) is 0 Å². The molecule has 0 aromatic rings. The highest BCUT2D eigenvalue weighted by Gasteiger charge is 2.17. The summed E-state index contributed by atoms with van der Waals surface area (Å²) in [4.78, 5) is 25.1. The summed E-state index contributed by atoms with van der Waals surface area (Å²) in [6.07, 6.45) is 2.71. The van der Waals surface area contributed by atoms with Gasteiger partial charge in [0.1, 0.15) is 0 Å². The monoisotopic (exact) mass is 255 g/mol. The molecule has 18 heavy (non-hydrogen) atoms. The topological polar surface area (TPSA) is 61.4 Å². The number of nitrogens with one attached hydrogen (secondary N) is 2. The second-order valence-corrected chi connectivity index (χ2v) is 5.81. The second-order valence-electron chi connectivity index (χ2n) is 5.81. The maximum atomic E-state index is 11.7. The number of amides is 2. The first-order chi connectivity index (χ1) is 8.38. The van der Waals surface area contributed by atoms with Crippen LogP contribution < -0.4 is 10.6 Å². The summed E-state index contributed by atoms with van der Waals surface area (Å²) in [5.74, 6) is 0.160. The van der Waals surface area contributed by atoms with Crippen LogP contribution in [0.4, 0.5) is 0 Å². The van der Waals surface area contributed by atoms with E-state index in [0.29, 0.717) is 13.0 Å². The second kappa shape index (κ2) is 6.73. The Labute approximate surface area is 109 Å². The predicted octanol–water partition coefficient (Wildman–Crippen LogP) is 0.503. The zero-order chi connectivity index (χ0) is 13.6. The molecule has 0 atom stereocenters. The minimum atomic E-state index is -0.204. The number of nitrogens with zero attached hydrogens (tertiary/aromatic N) is 1. The zero-order valence-electron chi connectivity index (χ0n) is 11.7. The fraction of sp³-hybridized carbons (Fsp3) is 0.846. The first-order valence-corrected chi connectivity index (χ1v) is 6.68. The lowest BCUT2D eigenvalue weighted by atomic mass is 10.1. The Morgan fingerprint density at radius 3 is 2.33 bits per heavy atom. The standard InChI is InChI=1S/C13H25N3O2/c1-13(2,3)15-11(17)10-14-7-6-12(18)16-8-4-5-9-16/h14H,4-10H2,1-3H3,(H,15,17).